The fraction of sp³-hybridized carbons (Fsp3) is 0.500. The first-order valence-corrected chi connectivity index (χ1v) is 6.39. The molecular weight excluding hydrogens is 290 g/mol. The van der Waals surface area contributed by atoms with Crippen molar-refractivity contribution in [1.29, 1.82) is 0 Å². The molecule has 0 fully saturated rings. The Bertz CT molecular complexity index is 502. The molecule has 0 aliphatic heterocycles. The summed E-state index contributed by atoms with van der Waals surface area (Å²) in [7, 11) is 1.15. The molecular formula is C14H17F4NO2. The Kier molecular flexibility index (Phi) is 5.71. The number of nitrogens with two attached hydrogens (primary N) is 1. The van der Waals surface area contributed by atoms with Crippen LogP contribution < -0.4 is 5.73 Å². The maximum absolute atomic E-state index is 13.1. The van der Waals surface area contributed by atoms with Crippen LogP contribution in [0.25, 0.3) is 0 Å². The second kappa shape index (κ2) is 6.89. The van der Waals surface area contributed by atoms with Crippen LogP contribution in [0.1, 0.15) is 36.8 Å². The van der Waals surface area contributed by atoms with Crippen LogP contribution in [0.3, 0.4) is 0 Å². The molecule has 0 radical (unpaired) electrons. The van der Waals surface area contributed by atoms with Crippen molar-refractivity contribution in [2.24, 2.45) is 5.73 Å². The number of carbonyl (C=O) groups is 1. The lowest BCUT2D eigenvalue weighted by Crippen LogP contribution is -2.31. The molecule has 0 bridgehead atoms. The molecule has 0 amide bonds. The molecule has 2 unspecified atom stereocenters. The normalized spacial score (nSPS) is 14.6. The van der Waals surface area contributed by atoms with Crippen LogP contribution in [0.4, 0.5) is 17.6 Å². The Hall–Kier alpha value is -1.63. The molecule has 0 heterocycles. The van der Waals surface area contributed by atoms with Crippen LogP contribution in [0.15, 0.2) is 18.2 Å². The average Bonchev–Trinajstić information content (AvgIpc) is 2.43. The zero-order valence-electron chi connectivity index (χ0n) is 11.7. The van der Waals surface area contributed by atoms with E-state index in [1.807, 2.05) is 0 Å². The maximum atomic E-state index is 13.1. The van der Waals surface area contributed by atoms with Gasteiger partial charge in [0.25, 0.3) is 0 Å². The number of hydrogen-bond donors (Lipinski definition) is 1. The molecule has 0 aromatic heterocycles. The van der Waals surface area contributed by atoms with Crippen LogP contribution in [0.5, 0.6) is 0 Å². The van der Waals surface area contributed by atoms with Gasteiger partial charge in [-0.05, 0) is 24.1 Å². The Morgan fingerprint density at radius 1 is 1.38 bits per heavy atom. The molecule has 2 atom stereocenters. The lowest BCUT2D eigenvalue weighted by atomic mass is 9.84. The zero-order valence-corrected chi connectivity index (χ0v) is 11.7. The summed E-state index contributed by atoms with van der Waals surface area (Å²) in [6.07, 6.45) is -4.64. The van der Waals surface area contributed by atoms with Crippen molar-refractivity contribution in [1.82, 2.24) is 0 Å². The molecule has 2 N–H and O–H groups in total. The van der Waals surface area contributed by atoms with Gasteiger partial charge < -0.3 is 10.5 Å². The number of benzene rings is 1. The average molecular weight is 307 g/mol. The Morgan fingerprint density at radius 3 is 2.48 bits per heavy atom. The highest BCUT2D eigenvalue weighted by molar-refractivity contribution is 5.70. The molecule has 0 saturated carbocycles. The summed E-state index contributed by atoms with van der Waals surface area (Å²) < 4.78 is 56.8. The predicted octanol–water partition coefficient (Wildman–Crippen LogP) is 3.23. The Balaban J connectivity index is 3.33. The zero-order chi connectivity index (χ0) is 16.2. The van der Waals surface area contributed by atoms with Gasteiger partial charge in [-0.2, -0.15) is 13.2 Å². The summed E-state index contributed by atoms with van der Waals surface area (Å²) in [6.45, 7) is 1.70. The quantitative estimate of drug-likeness (QED) is 0.671. The van der Waals surface area contributed by atoms with Crippen LogP contribution in [-0.2, 0) is 15.7 Å². The van der Waals surface area contributed by atoms with E-state index in [4.69, 9.17) is 5.73 Å². The van der Waals surface area contributed by atoms with Crippen molar-refractivity contribution in [2.75, 3.05) is 7.11 Å². The smallest absolute Gasteiger partial charge is 0.416 e. The minimum absolute atomic E-state index is 0.191. The topological polar surface area (TPSA) is 52.3 Å². The van der Waals surface area contributed by atoms with Gasteiger partial charge in [-0.25, -0.2) is 4.39 Å². The first kappa shape index (κ1) is 17.4. The summed E-state index contributed by atoms with van der Waals surface area (Å²) in [5.74, 6) is -2.55. The van der Waals surface area contributed by atoms with E-state index in [0.29, 0.717) is 12.5 Å². The van der Waals surface area contributed by atoms with Gasteiger partial charge in [0.2, 0.25) is 0 Å². The van der Waals surface area contributed by atoms with E-state index in [-0.39, 0.29) is 12.0 Å². The number of rotatable bonds is 5. The van der Waals surface area contributed by atoms with Crippen molar-refractivity contribution in [2.45, 2.75) is 37.9 Å². The first-order chi connectivity index (χ1) is 9.70. The molecule has 1 rings (SSSR count). The van der Waals surface area contributed by atoms with Gasteiger partial charge in [-0.1, -0.05) is 13.0 Å². The van der Waals surface area contributed by atoms with Crippen LogP contribution in [-0.4, -0.2) is 19.1 Å². The van der Waals surface area contributed by atoms with E-state index < -0.39 is 35.5 Å². The van der Waals surface area contributed by atoms with Gasteiger partial charge in [0.15, 0.2) is 0 Å². The third kappa shape index (κ3) is 4.42. The monoisotopic (exact) mass is 307 g/mol. The summed E-state index contributed by atoms with van der Waals surface area (Å²) in [4.78, 5) is 11.4. The summed E-state index contributed by atoms with van der Waals surface area (Å²) in [6, 6.07) is 1.70. The van der Waals surface area contributed by atoms with Crippen LogP contribution in [0.2, 0.25) is 0 Å². The van der Waals surface area contributed by atoms with Gasteiger partial charge in [-0.15, -0.1) is 0 Å². The molecule has 3 nitrogen and oxygen atoms in total. The van der Waals surface area contributed by atoms with Crippen molar-refractivity contribution < 1.29 is 27.1 Å². The molecule has 7 heteroatoms. The molecule has 0 saturated heterocycles. The highest BCUT2D eigenvalue weighted by atomic mass is 19.4. The second-order valence-electron chi connectivity index (χ2n) is 4.69. The molecule has 1 aromatic carbocycles. The van der Waals surface area contributed by atoms with Gasteiger partial charge in [0, 0.05) is 12.0 Å². The Labute approximate surface area is 120 Å². The molecule has 21 heavy (non-hydrogen) atoms. The number of carbonyl (C=O) groups excluding carboxylic acids is 1. The van der Waals surface area contributed by atoms with E-state index in [9.17, 15) is 22.4 Å². The lowest BCUT2D eigenvalue weighted by Gasteiger charge is -2.25. The van der Waals surface area contributed by atoms with E-state index in [0.717, 1.165) is 19.2 Å². The van der Waals surface area contributed by atoms with E-state index in [1.165, 1.54) is 0 Å². The minimum Gasteiger partial charge on any atom is -0.469 e. The number of alkyl halides is 3. The molecule has 0 aliphatic carbocycles. The SMILES string of the molecule is CCC(N)C(CC(=O)OC)c1ccc(F)cc1C(F)(F)F. The summed E-state index contributed by atoms with van der Waals surface area (Å²) in [5, 5.41) is 0. The van der Waals surface area contributed by atoms with Crippen molar-refractivity contribution in [3.8, 4) is 0 Å². The summed E-state index contributed by atoms with van der Waals surface area (Å²) >= 11 is 0. The molecule has 1 aromatic rings. The predicted molar refractivity (Wildman–Crippen MR) is 69.0 cm³/mol. The molecule has 0 aliphatic rings. The minimum atomic E-state index is -4.72. The fourth-order valence-corrected chi connectivity index (χ4v) is 2.14. The number of esters is 1. The second-order valence-corrected chi connectivity index (χ2v) is 4.69. The van der Waals surface area contributed by atoms with Gasteiger partial charge in [0.05, 0.1) is 19.1 Å². The van der Waals surface area contributed by atoms with E-state index in [2.05, 4.69) is 4.74 Å². The maximum Gasteiger partial charge on any atom is 0.416 e. The largest absolute Gasteiger partial charge is 0.469 e. The number of halogens is 4. The number of hydrogen-bond acceptors (Lipinski definition) is 3. The fourth-order valence-electron chi connectivity index (χ4n) is 2.14. The first-order valence-electron chi connectivity index (χ1n) is 6.39. The number of ether oxygens (including phenoxy) is 1. The van der Waals surface area contributed by atoms with Gasteiger partial charge >= 0.3 is 12.1 Å². The van der Waals surface area contributed by atoms with Crippen LogP contribution >= 0.6 is 0 Å². The molecule has 0 spiro atoms. The van der Waals surface area contributed by atoms with Gasteiger partial charge in [-0.3, -0.25) is 4.79 Å². The van der Waals surface area contributed by atoms with E-state index in [1.54, 1.807) is 6.92 Å². The van der Waals surface area contributed by atoms with Crippen molar-refractivity contribution in [3.63, 3.8) is 0 Å². The summed E-state index contributed by atoms with van der Waals surface area (Å²) in [5.41, 5.74) is 4.53. The highest BCUT2D eigenvalue weighted by Crippen LogP contribution is 2.38. The molecule has 118 valence electrons. The highest BCUT2D eigenvalue weighted by Gasteiger charge is 2.37. The lowest BCUT2D eigenvalue weighted by molar-refractivity contribution is -0.143. The third-order valence-electron chi connectivity index (χ3n) is 3.32. The van der Waals surface area contributed by atoms with Crippen molar-refractivity contribution in [3.05, 3.63) is 35.1 Å². The third-order valence-corrected chi connectivity index (χ3v) is 3.32. The Morgan fingerprint density at radius 2 is 2.00 bits per heavy atom. The van der Waals surface area contributed by atoms with Gasteiger partial charge in [0.1, 0.15) is 5.82 Å². The standard InChI is InChI=1S/C14H17F4NO2/c1-3-12(19)10(7-13(20)21-2)9-5-4-8(15)6-11(9)14(16,17)18/h4-6,10,12H,3,7,19H2,1-2H3. The van der Waals surface area contributed by atoms with Crippen LogP contribution in [0, 0.1) is 5.82 Å². The number of methoxy groups -OCH3 is 1. The van der Waals surface area contributed by atoms with Crippen molar-refractivity contribution >= 4 is 5.97 Å². The van der Waals surface area contributed by atoms with E-state index >= 15 is 0 Å².